The SMILES string of the molecule is COc1ccc([N]C=O)c(OC)c1. The third kappa shape index (κ3) is 2.11. The molecule has 0 unspecified atom stereocenters. The monoisotopic (exact) mass is 180 g/mol. The van der Waals surface area contributed by atoms with Crippen molar-refractivity contribution in [1.29, 1.82) is 0 Å². The molecule has 13 heavy (non-hydrogen) atoms. The molecular formula is C9H10NO3. The topological polar surface area (TPSA) is 49.6 Å². The van der Waals surface area contributed by atoms with Crippen LogP contribution in [0.2, 0.25) is 0 Å². The molecule has 0 saturated carbocycles. The highest BCUT2D eigenvalue weighted by atomic mass is 16.5. The van der Waals surface area contributed by atoms with Crippen molar-refractivity contribution in [2.75, 3.05) is 14.2 Å². The van der Waals surface area contributed by atoms with Crippen LogP contribution in [0.3, 0.4) is 0 Å². The molecule has 0 fully saturated rings. The summed E-state index contributed by atoms with van der Waals surface area (Å²) in [6, 6.07) is 5.04. The van der Waals surface area contributed by atoms with Gasteiger partial charge in [-0.2, -0.15) is 0 Å². The number of carbonyl (C=O) groups is 1. The first-order chi connectivity index (χ1) is 6.31. The Kier molecular flexibility index (Phi) is 3.14. The lowest BCUT2D eigenvalue weighted by Gasteiger charge is -2.06. The van der Waals surface area contributed by atoms with Crippen LogP contribution in [0.15, 0.2) is 18.2 Å². The van der Waals surface area contributed by atoms with Crippen LogP contribution in [0, 0.1) is 0 Å². The summed E-state index contributed by atoms with van der Waals surface area (Å²) in [5.41, 5.74) is 0.498. The van der Waals surface area contributed by atoms with Crippen molar-refractivity contribution in [1.82, 2.24) is 5.32 Å². The van der Waals surface area contributed by atoms with Crippen LogP contribution >= 0.6 is 0 Å². The minimum Gasteiger partial charge on any atom is -0.497 e. The summed E-state index contributed by atoms with van der Waals surface area (Å²) in [4.78, 5) is 10.1. The lowest BCUT2D eigenvalue weighted by atomic mass is 10.3. The molecule has 1 radical (unpaired) electrons. The highest BCUT2D eigenvalue weighted by Crippen LogP contribution is 2.28. The van der Waals surface area contributed by atoms with Gasteiger partial charge in [0.05, 0.1) is 14.2 Å². The van der Waals surface area contributed by atoms with Crippen molar-refractivity contribution in [2.24, 2.45) is 0 Å². The van der Waals surface area contributed by atoms with Gasteiger partial charge in [-0.3, -0.25) is 4.79 Å². The number of hydrogen-bond acceptors (Lipinski definition) is 3. The van der Waals surface area contributed by atoms with Gasteiger partial charge in [-0.25, -0.2) is 5.32 Å². The maximum Gasteiger partial charge on any atom is 0.233 e. The van der Waals surface area contributed by atoms with E-state index in [0.29, 0.717) is 23.6 Å². The quantitative estimate of drug-likeness (QED) is 0.652. The van der Waals surface area contributed by atoms with E-state index in [0.717, 1.165) is 0 Å². The number of hydrogen-bond donors (Lipinski definition) is 0. The fraction of sp³-hybridized carbons (Fsp3) is 0.222. The van der Waals surface area contributed by atoms with Crippen LogP contribution in [0.1, 0.15) is 0 Å². The number of rotatable bonds is 4. The number of benzene rings is 1. The minimum atomic E-state index is 0.477. The van der Waals surface area contributed by atoms with Gasteiger partial charge < -0.3 is 9.47 Å². The highest BCUT2D eigenvalue weighted by Gasteiger charge is 2.04. The average molecular weight is 180 g/mol. The smallest absolute Gasteiger partial charge is 0.233 e. The molecule has 0 aliphatic heterocycles. The molecule has 0 heterocycles. The highest BCUT2D eigenvalue weighted by molar-refractivity contribution is 5.65. The fourth-order valence-corrected chi connectivity index (χ4v) is 0.948. The number of amides is 1. The largest absolute Gasteiger partial charge is 0.497 e. The predicted octanol–water partition coefficient (Wildman–Crippen LogP) is 1.10. The average Bonchev–Trinajstić information content (AvgIpc) is 2.19. The van der Waals surface area contributed by atoms with E-state index in [1.807, 2.05) is 0 Å². The Hall–Kier alpha value is -1.71. The van der Waals surface area contributed by atoms with Crippen LogP contribution in [-0.2, 0) is 4.79 Å². The molecule has 0 N–H and O–H groups in total. The van der Waals surface area contributed by atoms with Gasteiger partial charge in [0, 0.05) is 6.07 Å². The summed E-state index contributed by atoms with van der Waals surface area (Å²) >= 11 is 0. The number of ether oxygens (including phenoxy) is 2. The second kappa shape index (κ2) is 4.35. The number of carbonyl (C=O) groups excluding carboxylic acids is 1. The number of nitrogens with zero attached hydrogens (tertiary/aromatic N) is 1. The summed E-state index contributed by atoms with van der Waals surface area (Å²) in [5.74, 6) is 1.19. The van der Waals surface area contributed by atoms with Gasteiger partial charge in [0.2, 0.25) is 6.41 Å². The molecule has 1 amide bonds. The number of methoxy groups -OCH3 is 2. The van der Waals surface area contributed by atoms with Crippen molar-refractivity contribution in [3.8, 4) is 11.5 Å². The van der Waals surface area contributed by atoms with Crippen molar-refractivity contribution >= 4 is 12.1 Å². The molecule has 0 bridgehead atoms. The first kappa shape index (κ1) is 9.38. The molecule has 0 spiro atoms. The van der Waals surface area contributed by atoms with Gasteiger partial charge in [-0.15, -0.1) is 0 Å². The second-order valence-electron chi connectivity index (χ2n) is 2.27. The van der Waals surface area contributed by atoms with Gasteiger partial charge in [-0.05, 0) is 12.1 Å². The van der Waals surface area contributed by atoms with Gasteiger partial charge in [0.1, 0.15) is 17.2 Å². The molecule has 1 aromatic carbocycles. The van der Waals surface area contributed by atoms with Gasteiger partial charge in [0.25, 0.3) is 0 Å². The summed E-state index contributed by atoms with van der Waals surface area (Å²) in [7, 11) is 3.07. The van der Waals surface area contributed by atoms with E-state index in [4.69, 9.17) is 9.47 Å². The normalized spacial score (nSPS) is 9.08. The maximum atomic E-state index is 10.1. The third-order valence-corrected chi connectivity index (χ3v) is 1.58. The molecule has 0 aliphatic carbocycles. The summed E-state index contributed by atoms with van der Waals surface area (Å²) < 4.78 is 9.99. The van der Waals surface area contributed by atoms with E-state index in [-0.39, 0.29) is 0 Å². The van der Waals surface area contributed by atoms with Crippen LogP contribution in [0.5, 0.6) is 11.5 Å². The Morgan fingerprint density at radius 1 is 1.31 bits per heavy atom. The Morgan fingerprint density at radius 3 is 2.62 bits per heavy atom. The van der Waals surface area contributed by atoms with E-state index in [2.05, 4.69) is 5.32 Å². The summed E-state index contributed by atoms with van der Waals surface area (Å²) in [6.45, 7) is 0. The van der Waals surface area contributed by atoms with Gasteiger partial charge in [0.15, 0.2) is 0 Å². The van der Waals surface area contributed by atoms with E-state index in [9.17, 15) is 4.79 Å². The zero-order chi connectivity index (χ0) is 9.68. The van der Waals surface area contributed by atoms with Crippen molar-refractivity contribution in [2.45, 2.75) is 0 Å². The van der Waals surface area contributed by atoms with Crippen molar-refractivity contribution in [3.05, 3.63) is 18.2 Å². The Labute approximate surface area is 76.5 Å². The molecule has 1 aromatic rings. The molecule has 0 saturated heterocycles. The van der Waals surface area contributed by atoms with E-state index < -0.39 is 0 Å². The molecule has 0 atom stereocenters. The molecule has 0 aliphatic rings. The molecule has 4 heteroatoms. The zero-order valence-corrected chi connectivity index (χ0v) is 7.48. The van der Waals surface area contributed by atoms with E-state index in [1.54, 1.807) is 25.3 Å². The maximum absolute atomic E-state index is 10.1. The lowest BCUT2D eigenvalue weighted by molar-refractivity contribution is -0.108. The minimum absolute atomic E-state index is 0.477. The van der Waals surface area contributed by atoms with Crippen LogP contribution < -0.4 is 14.8 Å². The molecule has 0 aromatic heterocycles. The zero-order valence-electron chi connectivity index (χ0n) is 7.48. The first-order valence-electron chi connectivity index (χ1n) is 3.68. The van der Waals surface area contributed by atoms with Gasteiger partial charge >= 0.3 is 0 Å². The second-order valence-corrected chi connectivity index (χ2v) is 2.27. The Balaban J connectivity index is 3.00. The summed E-state index contributed by atoms with van der Waals surface area (Å²) in [5, 5.41) is 3.59. The fourth-order valence-electron chi connectivity index (χ4n) is 0.948. The van der Waals surface area contributed by atoms with Crippen molar-refractivity contribution in [3.63, 3.8) is 0 Å². The van der Waals surface area contributed by atoms with E-state index >= 15 is 0 Å². The Bertz CT molecular complexity index is 299. The molecule has 69 valence electrons. The first-order valence-corrected chi connectivity index (χ1v) is 3.68. The van der Waals surface area contributed by atoms with Crippen LogP contribution in [-0.4, -0.2) is 20.6 Å². The standard InChI is InChI=1S/C9H10NO3/c1-12-7-3-4-8(10-6-11)9(5-7)13-2/h3-6H,1-2H3. The molecule has 1 rings (SSSR count). The molecular weight excluding hydrogens is 170 g/mol. The van der Waals surface area contributed by atoms with Gasteiger partial charge in [-0.1, -0.05) is 0 Å². The van der Waals surface area contributed by atoms with Crippen LogP contribution in [0.25, 0.3) is 0 Å². The van der Waals surface area contributed by atoms with Crippen molar-refractivity contribution < 1.29 is 14.3 Å². The lowest BCUT2D eigenvalue weighted by Crippen LogP contribution is -1.96. The van der Waals surface area contributed by atoms with E-state index in [1.165, 1.54) is 7.11 Å². The van der Waals surface area contributed by atoms with Crippen LogP contribution in [0.4, 0.5) is 5.69 Å². The molecule has 4 nitrogen and oxygen atoms in total. The predicted molar refractivity (Wildman–Crippen MR) is 47.4 cm³/mol. The Morgan fingerprint density at radius 2 is 2.08 bits per heavy atom. The summed E-state index contributed by atoms with van der Waals surface area (Å²) in [6.07, 6.45) is 0.477. The third-order valence-electron chi connectivity index (χ3n) is 1.58.